The number of nitrogens with zero attached hydrogens (tertiary/aromatic N) is 2. The molecule has 4 nitrogen and oxygen atoms in total. The molecule has 1 aliphatic rings. The number of rotatable bonds is 4. The fraction of sp³-hybridized carbons (Fsp3) is 0.333. The van der Waals surface area contributed by atoms with Gasteiger partial charge in [0.25, 0.3) is 5.91 Å². The fourth-order valence-corrected chi connectivity index (χ4v) is 3.36. The molecule has 3 rings (SSSR count). The molecular formula is C21H22F2N2O2. The van der Waals surface area contributed by atoms with Crippen molar-refractivity contribution in [3.05, 3.63) is 64.7 Å². The number of hydrogen-bond acceptors (Lipinski definition) is 2. The summed E-state index contributed by atoms with van der Waals surface area (Å²) in [7, 11) is 1.63. The molecule has 0 bridgehead atoms. The summed E-state index contributed by atoms with van der Waals surface area (Å²) < 4.78 is 26.6. The number of fused-ring (bicyclic) bond motifs is 1. The van der Waals surface area contributed by atoms with Gasteiger partial charge in [-0.25, -0.2) is 8.78 Å². The van der Waals surface area contributed by atoms with Crippen molar-refractivity contribution in [3.8, 4) is 0 Å². The highest BCUT2D eigenvalue weighted by atomic mass is 19.2. The van der Waals surface area contributed by atoms with E-state index in [1.54, 1.807) is 31.0 Å². The average Bonchev–Trinajstić information content (AvgIpc) is 3.10. The highest BCUT2D eigenvalue weighted by molar-refractivity contribution is 5.98. The van der Waals surface area contributed by atoms with Gasteiger partial charge in [-0.2, -0.15) is 0 Å². The Kier molecular flexibility index (Phi) is 5.26. The summed E-state index contributed by atoms with van der Waals surface area (Å²) >= 11 is 0. The Morgan fingerprint density at radius 1 is 1.15 bits per heavy atom. The predicted octanol–water partition coefficient (Wildman–Crippen LogP) is 4.10. The molecule has 0 radical (unpaired) electrons. The van der Waals surface area contributed by atoms with Crippen LogP contribution in [0.5, 0.6) is 0 Å². The Hall–Kier alpha value is -2.76. The molecule has 1 aliphatic heterocycles. The van der Waals surface area contributed by atoms with Crippen LogP contribution in [0.4, 0.5) is 14.5 Å². The van der Waals surface area contributed by atoms with Gasteiger partial charge in [-0.05, 0) is 54.8 Å². The molecule has 0 saturated carbocycles. The molecule has 0 saturated heterocycles. The van der Waals surface area contributed by atoms with Crippen molar-refractivity contribution in [3.63, 3.8) is 0 Å². The minimum atomic E-state index is -0.932. The molecule has 27 heavy (non-hydrogen) atoms. The maximum atomic E-state index is 13.5. The van der Waals surface area contributed by atoms with Gasteiger partial charge in [0.1, 0.15) is 0 Å². The van der Waals surface area contributed by atoms with Crippen molar-refractivity contribution in [2.45, 2.75) is 32.7 Å². The van der Waals surface area contributed by atoms with E-state index < -0.39 is 17.7 Å². The highest BCUT2D eigenvalue weighted by Crippen LogP contribution is 2.30. The van der Waals surface area contributed by atoms with Crippen molar-refractivity contribution < 1.29 is 18.4 Å². The Morgan fingerprint density at radius 3 is 2.56 bits per heavy atom. The van der Waals surface area contributed by atoms with E-state index in [9.17, 15) is 18.4 Å². The van der Waals surface area contributed by atoms with E-state index >= 15 is 0 Å². The molecule has 2 aromatic carbocycles. The van der Waals surface area contributed by atoms with E-state index in [1.807, 2.05) is 13.0 Å². The number of benzene rings is 2. The lowest BCUT2D eigenvalue weighted by molar-refractivity contribution is -0.118. The van der Waals surface area contributed by atoms with Crippen molar-refractivity contribution in [1.82, 2.24) is 4.90 Å². The Morgan fingerprint density at radius 2 is 1.89 bits per heavy atom. The van der Waals surface area contributed by atoms with Crippen molar-refractivity contribution >= 4 is 17.5 Å². The summed E-state index contributed by atoms with van der Waals surface area (Å²) in [6.07, 6.45) is 1.15. The highest BCUT2D eigenvalue weighted by Gasteiger charge is 2.26. The van der Waals surface area contributed by atoms with Crippen LogP contribution < -0.4 is 4.90 Å². The van der Waals surface area contributed by atoms with Crippen molar-refractivity contribution in [2.75, 3.05) is 18.5 Å². The molecule has 0 aliphatic carbocycles. The van der Waals surface area contributed by atoms with Crippen molar-refractivity contribution in [1.29, 1.82) is 0 Å². The van der Waals surface area contributed by atoms with Gasteiger partial charge >= 0.3 is 0 Å². The molecule has 0 N–H and O–H groups in total. The molecule has 2 amide bonds. The van der Waals surface area contributed by atoms with Crippen LogP contribution in [0.3, 0.4) is 0 Å². The third-order valence-electron chi connectivity index (χ3n) is 5.15. The molecule has 142 valence electrons. The Balaban J connectivity index is 1.81. The second-order valence-electron chi connectivity index (χ2n) is 6.76. The zero-order chi connectivity index (χ0) is 19.7. The van der Waals surface area contributed by atoms with Crippen LogP contribution in [-0.2, 0) is 11.2 Å². The van der Waals surface area contributed by atoms with Gasteiger partial charge in [0, 0.05) is 31.3 Å². The number of amides is 2. The van der Waals surface area contributed by atoms with Crippen LogP contribution in [0, 0.1) is 11.6 Å². The van der Waals surface area contributed by atoms with Crippen LogP contribution in [-0.4, -0.2) is 30.3 Å². The van der Waals surface area contributed by atoms with Crippen LogP contribution in [0.15, 0.2) is 36.4 Å². The van der Waals surface area contributed by atoms with Gasteiger partial charge in [-0.3, -0.25) is 9.59 Å². The monoisotopic (exact) mass is 372 g/mol. The van der Waals surface area contributed by atoms with E-state index in [1.165, 1.54) is 11.0 Å². The van der Waals surface area contributed by atoms with Gasteiger partial charge < -0.3 is 9.80 Å². The maximum absolute atomic E-state index is 13.5. The zero-order valence-electron chi connectivity index (χ0n) is 15.6. The second-order valence-corrected chi connectivity index (χ2v) is 6.76. The lowest BCUT2D eigenvalue weighted by Crippen LogP contribution is -2.30. The van der Waals surface area contributed by atoms with E-state index in [0.717, 1.165) is 23.4 Å². The largest absolute Gasteiger partial charge is 0.335 e. The second kappa shape index (κ2) is 7.47. The van der Waals surface area contributed by atoms with E-state index in [2.05, 4.69) is 0 Å². The number of carbonyl (C=O) groups excluding carboxylic acids is 2. The maximum Gasteiger partial charge on any atom is 0.254 e. The first-order chi connectivity index (χ1) is 12.8. The number of carbonyl (C=O) groups is 2. The quantitative estimate of drug-likeness (QED) is 0.811. The van der Waals surface area contributed by atoms with Crippen LogP contribution in [0.2, 0.25) is 0 Å². The summed E-state index contributed by atoms with van der Waals surface area (Å²) in [5.41, 5.74) is 2.85. The SMILES string of the molecule is CCC(=O)N1CCc2cc(C(=O)N(C)C(C)c3ccc(F)c(F)c3)ccc21. The normalized spacial score (nSPS) is 14.0. The smallest absolute Gasteiger partial charge is 0.254 e. The molecule has 1 unspecified atom stereocenters. The van der Waals surface area contributed by atoms with Gasteiger partial charge in [-0.15, -0.1) is 0 Å². The number of anilines is 1. The fourth-order valence-electron chi connectivity index (χ4n) is 3.36. The molecule has 0 spiro atoms. The van der Waals surface area contributed by atoms with Crippen molar-refractivity contribution in [2.24, 2.45) is 0 Å². The van der Waals surface area contributed by atoms with Crippen LogP contribution >= 0.6 is 0 Å². The van der Waals surface area contributed by atoms with E-state index in [4.69, 9.17) is 0 Å². The summed E-state index contributed by atoms with van der Waals surface area (Å²) in [6, 6.07) is 8.56. The number of halogens is 2. The van der Waals surface area contributed by atoms with Crippen LogP contribution in [0.1, 0.15) is 47.8 Å². The molecule has 0 aromatic heterocycles. The first-order valence-corrected chi connectivity index (χ1v) is 8.98. The molecule has 1 atom stereocenters. The molecular weight excluding hydrogens is 350 g/mol. The lowest BCUT2D eigenvalue weighted by Gasteiger charge is -2.26. The first kappa shape index (κ1) is 19.0. The Bertz CT molecular complexity index is 898. The summed E-state index contributed by atoms with van der Waals surface area (Å²) in [4.78, 5) is 28.1. The topological polar surface area (TPSA) is 40.6 Å². The Labute approximate surface area is 157 Å². The van der Waals surface area contributed by atoms with Crippen LogP contribution in [0.25, 0.3) is 0 Å². The van der Waals surface area contributed by atoms with E-state index in [0.29, 0.717) is 30.5 Å². The third kappa shape index (κ3) is 3.56. The van der Waals surface area contributed by atoms with Gasteiger partial charge in [0.05, 0.1) is 6.04 Å². The first-order valence-electron chi connectivity index (χ1n) is 8.98. The standard InChI is InChI=1S/C21H22F2N2O2/c1-4-20(26)25-10-9-15-11-16(6-8-19(15)25)21(27)24(3)13(2)14-5-7-17(22)18(23)12-14/h5-8,11-13H,4,9-10H2,1-3H3. The van der Waals surface area contributed by atoms with Gasteiger partial charge in [-0.1, -0.05) is 13.0 Å². The summed E-state index contributed by atoms with van der Waals surface area (Å²) in [5, 5.41) is 0. The minimum Gasteiger partial charge on any atom is -0.335 e. The van der Waals surface area contributed by atoms with E-state index in [-0.39, 0.29) is 11.8 Å². The minimum absolute atomic E-state index is 0.0666. The number of hydrogen-bond donors (Lipinski definition) is 0. The summed E-state index contributed by atoms with van der Waals surface area (Å²) in [5.74, 6) is -1.99. The predicted molar refractivity (Wildman–Crippen MR) is 99.7 cm³/mol. The van der Waals surface area contributed by atoms with Gasteiger partial charge in [0.15, 0.2) is 11.6 Å². The molecule has 1 heterocycles. The third-order valence-corrected chi connectivity index (χ3v) is 5.15. The molecule has 6 heteroatoms. The lowest BCUT2D eigenvalue weighted by atomic mass is 10.0. The van der Waals surface area contributed by atoms with Gasteiger partial charge in [0.2, 0.25) is 5.91 Å². The molecule has 0 fully saturated rings. The average molecular weight is 372 g/mol. The zero-order valence-corrected chi connectivity index (χ0v) is 15.6. The molecule has 2 aromatic rings. The summed E-state index contributed by atoms with van der Waals surface area (Å²) in [6.45, 7) is 4.22.